The SMILES string of the molecule is c1ccc(-c2csc3nc(-c4ccccn4)nc(N4CCCC(Oc5cccc(-c6nc(N7CCN(CCN8CCCC8)CC7)c7c(-c8ccccc8)csc7n6)n5)C4)c23)cc1. The van der Waals surface area contributed by atoms with Crippen molar-refractivity contribution in [2.75, 3.05) is 75.2 Å². The number of fused-ring (bicyclic) bond motifs is 2. The van der Waals surface area contributed by atoms with Crippen LogP contribution in [0, 0.1) is 0 Å². The number of ether oxygens (including phenoxy) is 1. The lowest BCUT2D eigenvalue weighted by atomic mass is 10.0. The molecule has 11 rings (SSSR count). The van der Waals surface area contributed by atoms with E-state index in [9.17, 15) is 0 Å². The molecule has 0 aliphatic carbocycles. The molecular formula is C49H48N10OS2. The Morgan fingerprint density at radius 2 is 1.13 bits per heavy atom. The van der Waals surface area contributed by atoms with Crippen LogP contribution in [-0.4, -0.2) is 111 Å². The number of thiophene rings is 2. The highest BCUT2D eigenvalue weighted by atomic mass is 32.1. The van der Waals surface area contributed by atoms with E-state index in [-0.39, 0.29) is 6.10 Å². The summed E-state index contributed by atoms with van der Waals surface area (Å²) in [6, 6.07) is 33.0. The second-order valence-corrected chi connectivity index (χ2v) is 18.1. The van der Waals surface area contributed by atoms with E-state index in [1.807, 2.05) is 36.4 Å². The van der Waals surface area contributed by atoms with Crippen LogP contribution in [0.4, 0.5) is 11.6 Å². The van der Waals surface area contributed by atoms with Gasteiger partial charge in [0.1, 0.15) is 38.8 Å². The van der Waals surface area contributed by atoms with Crippen LogP contribution in [0.1, 0.15) is 25.7 Å². The van der Waals surface area contributed by atoms with Crippen molar-refractivity contribution in [3.8, 4) is 51.2 Å². The molecule has 62 heavy (non-hydrogen) atoms. The Labute approximate surface area is 369 Å². The van der Waals surface area contributed by atoms with Gasteiger partial charge in [-0.05, 0) is 68.1 Å². The van der Waals surface area contributed by atoms with E-state index in [4.69, 9.17) is 29.7 Å². The van der Waals surface area contributed by atoms with Gasteiger partial charge in [-0.3, -0.25) is 9.88 Å². The lowest BCUT2D eigenvalue weighted by Gasteiger charge is -2.36. The van der Waals surface area contributed by atoms with Crippen LogP contribution in [-0.2, 0) is 0 Å². The van der Waals surface area contributed by atoms with E-state index in [2.05, 4.69) is 96.0 Å². The zero-order chi connectivity index (χ0) is 41.2. The molecule has 3 fully saturated rings. The molecule has 0 saturated carbocycles. The van der Waals surface area contributed by atoms with Gasteiger partial charge in [0.05, 0.1) is 17.3 Å². The predicted molar refractivity (Wildman–Crippen MR) is 252 cm³/mol. The molecule has 0 N–H and O–H groups in total. The average molecular weight is 857 g/mol. The summed E-state index contributed by atoms with van der Waals surface area (Å²) in [5.74, 6) is 3.73. The fourth-order valence-corrected chi connectivity index (χ4v) is 11.0. The Balaban J connectivity index is 0.878. The predicted octanol–water partition coefficient (Wildman–Crippen LogP) is 9.42. The van der Waals surface area contributed by atoms with Gasteiger partial charge in [-0.2, -0.15) is 0 Å². The van der Waals surface area contributed by atoms with Crippen LogP contribution in [0.15, 0.2) is 114 Å². The third kappa shape index (κ3) is 8.01. The molecule has 0 amide bonds. The third-order valence-electron chi connectivity index (χ3n) is 12.4. The number of rotatable bonds is 11. The second kappa shape index (κ2) is 17.5. The Bertz CT molecular complexity index is 2790. The zero-order valence-electron chi connectivity index (χ0n) is 34.6. The van der Waals surface area contributed by atoms with Gasteiger partial charge < -0.3 is 19.4 Å². The largest absolute Gasteiger partial charge is 0.472 e. The zero-order valence-corrected chi connectivity index (χ0v) is 36.3. The van der Waals surface area contributed by atoms with Crippen molar-refractivity contribution in [1.82, 2.24) is 39.7 Å². The van der Waals surface area contributed by atoms with Gasteiger partial charge in [0.15, 0.2) is 11.6 Å². The molecule has 13 heteroatoms. The molecule has 8 aromatic rings. The average Bonchev–Trinajstić information content (AvgIpc) is 4.13. The molecule has 312 valence electrons. The summed E-state index contributed by atoms with van der Waals surface area (Å²) in [6.45, 7) is 10.2. The maximum absolute atomic E-state index is 6.78. The first-order valence-electron chi connectivity index (χ1n) is 21.9. The number of piperazine rings is 1. The minimum atomic E-state index is -0.0972. The minimum absolute atomic E-state index is 0.0972. The first-order valence-corrected chi connectivity index (χ1v) is 23.7. The fourth-order valence-electron chi connectivity index (χ4n) is 9.16. The maximum atomic E-state index is 6.78. The fraction of sp³-hybridized carbons (Fsp3) is 0.306. The van der Waals surface area contributed by atoms with Crippen LogP contribution < -0.4 is 14.5 Å². The molecule has 1 atom stereocenters. The highest BCUT2D eigenvalue weighted by Crippen LogP contribution is 2.42. The van der Waals surface area contributed by atoms with E-state index in [0.717, 1.165) is 108 Å². The molecule has 0 bridgehead atoms. The number of hydrogen-bond acceptors (Lipinski definition) is 13. The van der Waals surface area contributed by atoms with Crippen molar-refractivity contribution >= 4 is 54.7 Å². The smallest absolute Gasteiger partial charge is 0.214 e. The number of pyridine rings is 2. The maximum Gasteiger partial charge on any atom is 0.214 e. The standard InChI is InChI=1S/C49H48N10OS2/c1-3-13-34(14-4-1)37-32-61-48-42(37)46(58-29-27-57(28-30-58)26-25-56-22-9-10-23-56)53-45(55-48)40-19-11-20-41(51-40)60-36-17-12-24-59(31-36)47-43-38(35-15-5-2-6-16-35)33-62-49(43)54-44(52-47)39-18-7-8-21-50-39/h1-8,11,13-16,18-21,32-33,36H,9-10,12,17,22-31H2. The van der Waals surface area contributed by atoms with E-state index in [0.29, 0.717) is 29.8 Å². The number of nitrogens with zero attached hydrogens (tertiary/aromatic N) is 10. The summed E-state index contributed by atoms with van der Waals surface area (Å²) in [5.41, 5.74) is 6.12. The van der Waals surface area contributed by atoms with Crippen molar-refractivity contribution in [2.24, 2.45) is 0 Å². The Morgan fingerprint density at radius 1 is 0.532 bits per heavy atom. The lowest BCUT2D eigenvalue weighted by Crippen LogP contribution is -2.48. The molecule has 0 radical (unpaired) electrons. The van der Waals surface area contributed by atoms with Crippen molar-refractivity contribution in [1.29, 1.82) is 0 Å². The van der Waals surface area contributed by atoms with E-state index in [1.54, 1.807) is 28.9 Å². The van der Waals surface area contributed by atoms with E-state index < -0.39 is 0 Å². The van der Waals surface area contributed by atoms with Crippen LogP contribution in [0.25, 0.3) is 65.7 Å². The Hall–Kier alpha value is -5.86. The molecule has 3 aliphatic rings. The van der Waals surface area contributed by atoms with Crippen LogP contribution in [0.2, 0.25) is 0 Å². The summed E-state index contributed by atoms with van der Waals surface area (Å²) in [7, 11) is 0. The number of benzene rings is 2. The minimum Gasteiger partial charge on any atom is -0.472 e. The van der Waals surface area contributed by atoms with Gasteiger partial charge >= 0.3 is 0 Å². The number of hydrogen-bond donors (Lipinski definition) is 0. The Kier molecular flexibility index (Phi) is 11.0. The van der Waals surface area contributed by atoms with Gasteiger partial charge in [0, 0.05) is 80.0 Å². The molecule has 9 heterocycles. The van der Waals surface area contributed by atoms with Gasteiger partial charge in [-0.15, -0.1) is 22.7 Å². The molecule has 2 aromatic carbocycles. The third-order valence-corrected chi connectivity index (χ3v) is 14.2. The van der Waals surface area contributed by atoms with Gasteiger partial charge in [0.2, 0.25) is 5.88 Å². The van der Waals surface area contributed by atoms with Crippen molar-refractivity contribution < 1.29 is 4.74 Å². The molecule has 6 aromatic heterocycles. The summed E-state index contributed by atoms with van der Waals surface area (Å²) in [5, 5.41) is 6.63. The monoisotopic (exact) mass is 856 g/mol. The van der Waals surface area contributed by atoms with Crippen LogP contribution >= 0.6 is 22.7 Å². The molecule has 3 saturated heterocycles. The summed E-state index contributed by atoms with van der Waals surface area (Å²) >= 11 is 3.33. The highest BCUT2D eigenvalue weighted by molar-refractivity contribution is 7.17. The normalized spacial score (nSPS) is 17.6. The van der Waals surface area contributed by atoms with E-state index >= 15 is 0 Å². The van der Waals surface area contributed by atoms with Crippen molar-refractivity contribution in [3.63, 3.8) is 0 Å². The first-order chi connectivity index (χ1) is 30.7. The van der Waals surface area contributed by atoms with Gasteiger partial charge in [-0.1, -0.05) is 72.8 Å². The van der Waals surface area contributed by atoms with Crippen molar-refractivity contribution in [3.05, 3.63) is 114 Å². The number of piperidine rings is 1. The molecule has 11 nitrogen and oxygen atoms in total. The summed E-state index contributed by atoms with van der Waals surface area (Å²) in [4.78, 5) is 42.5. The van der Waals surface area contributed by atoms with Crippen molar-refractivity contribution in [2.45, 2.75) is 31.8 Å². The summed E-state index contributed by atoms with van der Waals surface area (Å²) < 4.78 is 6.78. The molecule has 1 unspecified atom stereocenters. The van der Waals surface area contributed by atoms with Crippen LogP contribution in [0.5, 0.6) is 5.88 Å². The first kappa shape index (κ1) is 39.0. The number of anilines is 2. The Morgan fingerprint density at radius 3 is 1.77 bits per heavy atom. The highest BCUT2D eigenvalue weighted by Gasteiger charge is 2.29. The quantitative estimate of drug-likeness (QED) is 0.124. The molecule has 3 aliphatic heterocycles. The number of aromatic nitrogens is 6. The molecular weight excluding hydrogens is 809 g/mol. The van der Waals surface area contributed by atoms with Gasteiger partial charge in [0.25, 0.3) is 0 Å². The topological polar surface area (TPSA) is 99.5 Å². The number of likely N-dealkylation sites (tertiary alicyclic amines) is 1. The van der Waals surface area contributed by atoms with Gasteiger partial charge in [-0.25, -0.2) is 24.9 Å². The lowest BCUT2D eigenvalue weighted by molar-refractivity contribution is 0.172. The van der Waals surface area contributed by atoms with E-state index in [1.165, 1.54) is 37.1 Å². The second-order valence-electron chi connectivity index (χ2n) is 16.4. The summed E-state index contributed by atoms with van der Waals surface area (Å²) in [6.07, 6.45) is 6.23. The molecule has 0 spiro atoms. The van der Waals surface area contributed by atoms with Crippen LogP contribution in [0.3, 0.4) is 0 Å².